The summed E-state index contributed by atoms with van der Waals surface area (Å²) in [5.41, 5.74) is 2.14. The molecule has 0 unspecified atom stereocenters. The highest BCUT2D eigenvalue weighted by atomic mass is 16.5. The third kappa shape index (κ3) is 3.22. The molecule has 0 spiro atoms. The number of pyridine rings is 1. The van der Waals surface area contributed by atoms with Crippen LogP contribution in [0.4, 0.5) is 0 Å². The lowest BCUT2D eigenvalue weighted by Crippen LogP contribution is -2.10. The highest BCUT2D eigenvalue weighted by Gasteiger charge is 2.15. The first-order valence-corrected chi connectivity index (χ1v) is 7.47. The van der Waals surface area contributed by atoms with Crippen molar-refractivity contribution >= 4 is 11.6 Å². The molecule has 22 heavy (non-hydrogen) atoms. The normalized spacial score (nSPS) is 13.1. The van der Waals surface area contributed by atoms with E-state index in [-0.39, 0.29) is 24.4 Å². The number of rotatable bonds is 5. The molecule has 0 saturated heterocycles. The lowest BCUT2D eigenvalue weighted by atomic mass is 9.98. The molecule has 112 valence electrons. The van der Waals surface area contributed by atoms with E-state index in [0.29, 0.717) is 11.3 Å². The van der Waals surface area contributed by atoms with Crippen molar-refractivity contribution in [2.75, 3.05) is 6.61 Å². The fourth-order valence-corrected chi connectivity index (χ4v) is 2.56. The first-order chi connectivity index (χ1) is 10.7. The molecule has 0 radical (unpaired) electrons. The van der Waals surface area contributed by atoms with Gasteiger partial charge in [-0.3, -0.25) is 14.6 Å². The minimum Gasteiger partial charge on any atom is -0.493 e. The van der Waals surface area contributed by atoms with Crippen molar-refractivity contribution in [1.82, 2.24) is 4.98 Å². The summed E-state index contributed by atoms with van der Waals surface area (Å²) in [5, 5.41) is 0. The van der Waals surface area contributed by atoms with E-state index in [9.17, 15) is 9.59 Å². The smallest absolute Gasteiger partial charge is 0.181 e. The van der Waals surface area contributed by atoms with Crippen LogP contribution >= 0.6 is 0 Å². The van der Waals surface area contributed by atoms with E-state index in [1.54, 1.807) is 30.5 Å². The van der Waals surface area contributed by atoms with Crippen molar-refractivity contribution in [1.29, 1.82) is 0 Å². The zero-order chi connectivity index (χ0) is 15.4. The summed E-state index contributed by atoms with van der Waals surface area (Å²) in [4.78, 5) is 28.2. The number of ether oxygens (including phenoxy) is 1. The van der Waals surface area contributed by atoms with E-state index < -0.39 is 0 Å². The fourth-order valence-electron chi connectivity index (χ4n) is 2.56. The number of benzene rings is 1. The van der Waals surface area contributed by atoms with Gasteiger partial charge < -0.3 is 4.74 Å². The van der Waals surface area contributed by atoms with Gasteiger partial charge in [-0.1, -0.05) is 6.07 Å². The van der Waals surface area contributed by atoms with Crippen molar-refractivity contribution in [3.05, 3.63) is 59.4 Å². The molecule has 1 aliphatic heterocycles. The third-order valence-corrected chi connectivity index (χ3v) is 3.76. The van der Waals surface area contributed by atoms with Crippen LogP contribution in [0.2, 0.25) is 0 Å². The quantitative estimate of drug-likeness (QED) is 0.794. The molecule has 0 fully saturated rings. The molecule has 0 N–H and O–H groups in total. The molecule has 0 aliphatic carbocycles. The lowest BCUT2D eigenvalue weighted by molar-refractivity contribution is 0.0915. The van der Waals surface area contributed by atoms with Crippen LogP contribution in [0.3, 0.4) is 0 Å². The van der Waals surface area contributed by atoms with Crippen LogP contribution in [0.1, 0.15) is 45.7 Å². The maximum absolute atomic E-state index is 12.3. The topological polar surface area (TPSA) is 56.3 Å². The first-order valence-electron chi connectivity index (χ1n) is 7.47. The summed E-state index contributed by atoms with van der Waals surface area (Å²) in [6, 6.07) is 10.7. The van der Waals surface area contributed by atoms with Gasteiger partial charge in [0.1, 0.15) is 11.4 Å². The van der Waals surface area contributed by atoms with E-state index in [1.165, 1.54) is 0 Å². The average molecular weight is 295 g/mol. The Hall–Kier alpha value is -2.49. The Morgan fingerprint density at radius 2 is 1.95 bits per heavy atom. The maximum Gasteiger partial charge on any atom is 0.181 e. The van der Waals surface area contributed by atoms with Gasteiger partial charge in [0.2, 0.25) is 0 Å². The Bertz CT molecular complexity index is 695. The molecule has 1 aromatic heterocycles. The Labute approximate surface area is 129 Å². The summed E-state index contributed by atoms with van der Waals surface area (Å²) >= 11 is 0. The average Bonchev–Trinajstić information content (AvgIpc) is 2.59. The molecule has 3 rings (SSSR count). The van der Waals surface area contributed by atoms with E-state index in [4.69, 9.17) is 4.74 Å². The summed E-state index contributed by atoms with van der Waals surface area (Å²) in [6.07, 6.45) is 3.88. The van der Waals surface area contributed by atoms with Gasteiger partial charge in [-0.15, -0.1) is 0 Å². The van der Waals surface area contributed by atoms with Crippen LogP contribution in [0.5, 0.6) is 5.75 Å². The number of carbonyl (C=O) groups is 2. The van der Waals surface area contributed by atoms with Crippen LogP contribution in [0, 0.1) is 0 Å². The van der Waals surface area contributed by atoms with Crippen LogP contribution in [0.25, 0.3) is 0 Å². The van der Waals surface area contributed by atoms with Crippen LogP contribution in [-0.4, -0.2) is 23.2 Å². The minimum absolute atomic E-state index is 0.0161. The second kappa shape index (κ2) is 6.52. The van der Waals surface area contributed by atoms with Crippen molar-refractivity contribution in [2.24, 2.45) is 0 Å². The van der Waals surface area contributed by atoms with Crippen molar-refractivity contribution < 1.29 is 14.3 Å². The van der Waals surface area contributed by atoms with Gasteiger partial charge >= 0.3 is 0 Å². The molecular formula is C18H17NO3. The number of fused-ring (bicyclic) bond motifs is 1. The molecule has 2 aromatic rings. The molecule has 2 heterocycles. The summed E-state index contributed by atoms with van der Waals surface area (Å²) in [7, 11) is 0. The molecular weight excluding hydrogens is 278 g/mol. The molecule has 0 saturated carbocycles. The predicted molar refractivity (Wildman–Crippen MR) is 82.4 cm³/mol. The molecule has 1 aromatic carbocycles. The van der Waals surface area contributed by atoms with Gasteiger partial charge in [0.25, 0.3) is 0 Å². The molecule has 0 bridgehead atoms. The van der Waals surface area contributed by atoms with Crippen molar-refractivity contribution in [3.8, 4) is 5.75 Å². The fraction of sp³-hybridized carbons (Fsp3) is 0.278. The summed E-state index contributed by atoms with van der Waals surface area (Å²) in [6.45, 7) is 0.735. The predicted octanol–water partition coefficient (Wildman–Crippen LogP) is 3.25. The molecule has 4 heteroatoms. The number of aromatic nitrogens is 1. The van der Waals surface area contributed by atoms with Gasteiger partial charge in [0.15, 0.2) is 11.6 Å². The molecule has 4 nitrogen and oxygen atoms in total. The third-order valence-electron chi connectivity index (χ3n) is 3.76. The van der Waals surface area contributed by atoms with Gasteiger partial charge in [-0.25, -0.2) is 0 Å². The SMILES string of the molecule is O=C(CCC(=O)c1ccccn1)c1ccc2c(c1)CCCO2. The molecule has 0 atom stereocenters. The lowest BCUT2D eigenvalue weighted by Gasteiger charge is -2.17. The molecule has 0 amide bonds. The van der Waals surface area contributed by atoms with Crippen molar-refractivity contribution in [2.45, 2.75) is 25.7 Å². The Morgan fingerprint density at radius 1 is 1.09 bits per heavy atom. The Balaban J connectivity index is 1.64. The van der Waals surface area contributed by atoms with Gasteiger partial charge in [0.05, 0.1) is 6.61 Å². The van der Waals surface area contributed by atoms with Crippen molar-refractivity contribution in [3.63, 3.8) is 0 Å². The highest BCUT2D eigenvalue weighted by Crippen LogP contribution is 2.26. The number of Topliss-reactive ketones (excluding diaryl/α,β-unsaturated/α-hetero) is 2. The number of hydrogen-bond acceptors (Lipinski definition) is 4. The monoisotopic (exact) mass is 295 g/mol. The largest absolute Gasteiger partial charge is 0.493 e. The summed E-state index contributed by atoms with van der Waals surface area (Å²) < 4.78 is 5.54. The molecule has 1 aliphatic rings. The number of nitrogens with zero attached hydrogens (tertiary/aromatic N) is 1. The van der Waals surface area contributed by atoms with E-state index >= 15 is 0 Å². The standard InChI is InChI=1S/C18H17NO3/c20-16(7-8-17(21)15-5-1-2-10-19-15)13-6-9-18-14(12-13)4-3-11-22-18/h1-2,5-6,9-10,12H,3-4,7-8,11H2. The van der Waals surface area contributed by atoms with E-state index in [1.807, 2.05) is 12.1 Å². The van der Waals surface area contributed by atoms with Gasteiger partial charge in [-0.05, 0) is 48.7 Å². The number of aryl methyl sites for hydroxylation is 1. The Morgan fingerprint density at radius 3 is 2.77 bits per heavy atom. The van der Waals surface area contributed by atoms with Crippen LogP contribution in [0.15, 0.2) is 42.6 Å². The van der Waals surface area contributed by atoms with Crippen LogP contribution in [-0.2, 0) is 6.42 Å². The van der Waals surface area contributed by atoms with E-state index in [2.05, 4.69) is 4.98 Å². The van der Waals surface area contributed by atoms with Gasteiger partial charge in [-0.2, -0.15) is 0 Å². The van der Waals surface area contributed by atoms with Gasteiger partial charge in [0, 0.05) is 24.6 Å². The Kier molecular flexibility index (Phi) is 4.28. The second-order valence-electron chi connectivity index (χ2n) is 5.34. The summed E-state index contributed by atoms with van der Waals surface area (Å²) in [5.74, 6) is 0.750. The number of hydrogen-bond donors (Lipinski definition) is 0. The highest BCUT2D eigenvalue weighted by molar-refractivity contribution is 6.01. The zero-order valence-corrected chi connectivity index (χ0v) is 12.2. The minimum atomic E-state index is -0.102. The van der Waals surface area contributed by atoms with E-state index in [0.717, 1.165) is 30.8 Å². The zero-order valence-electron chi connectivity index (χ0n) is 12.2. The maximum atomic E-state index is 12.3. The second-order valence-corrected chi connectivity index (χ2v) is 5.34. The number of ketones is 2. The first kappa shape index (κ1) is 14.4. The number of carbonyl (C=O) groups excluding carboxylic acids is 2. The van der Waals surface area contributed by atoms with Crippen LogP contribution < -0.4 is 4.74 Å².